The smallest absolute Gasteiger partial charge is 0.119 e. The first-order valence-corrected chi connectivity index (χ1v) is 6.54. The van der Waals surface area contributed by atoms with Crippen molar-refractivity contribution in [2.75, 3.05) is 13.7 Å². The maximum Gasteiger partial charge on any atom is 0.119 e. The number of hydrogen-bond acceptors (Lipinski definition) is 3. The minimum Gasteiger partial charge on any atom is -0.497 e. The molecule has 0 unspecified atom stereocenters. The Morgan fingerprint density at radius 2 is 2.11 bits per heavy atom. The Bertz CT molecular complexity index is 526. The second kappa shape index (κ2) is 6.90. The molecule has 0 saturated heterocycles. The van der Waals surface area contributed by atoms with Crippen molar-refractivity contribution in [1.29, 1.82) is 0 Å². The maximum atomic E-state index is 5.22. The summed E-state index contributed by atoms with van der Waals surface area (Å²) < 4.78 is 5.22. The lowest BCUT2D eigenvalue weighted by Gasteiger charge is -2.07. The lowest BCUT2D eigenvalue weighted by molar-refractivity contribution is 0.414. The molecule has 0 radical (unpaired) electrons. The molecular weight excluding hydrogens is 236 g/mol. The van der Waals surface area contributed by atoms with Gasteiger partial charge in [-0.15, -0.1) is 0 Å². The van der Waals surface area contributed by atoms with Gasteiger partial charge in [-0.25, -0.2) is 0 Å². The molecule has 0 spiro atoms. The molecule has 0 amide bonds. The highest BCUT2D eigenvalue weighted by molar-refractivity contribution is 5.28. The fourth-order valence-electron chi connectivity index (χ4n) is 1.97. The molecule has 19 heavy (non-hydrogen) atoms. The summed E-state index contributed by atoms with van der Waals surface area (Å²) in [7, 11) is 1.70. The molecule has 2 aromatic rings. The predicted molar refractivity (Wildman–Crippen MR) is 77.4 cm³/mol. The van der Waals surface area contributed by atoms with Gasteiger partial charge >= 0.3 is 0 Å². The average molecular weight is 256 g/mol. The van der Waals surface area contributed by atoms with Gasteiger partial charge in [-0.3, -0.25) is 4.98 Å². The van der Waals surface area contributed by atoms with Crippen LogP contribution in [-0.4, -0.2) is 18.6 Å². The van der Waals surface area contributed by atoms with Crippen molar-refractivity contribution in [2.24, 2.45) is 0 Å². The van der Waals surface area contributed by atoms with Crippen LogP contribution < -0.4 is 10.1 Å². The van der Waals surface area contributed by atoms with E-state index < -0.39 is 0 Å². The molecule has 0 saturated carbocycles. The molecule has 0 aliphatic heterocycles. The number of benzene rings is 1. The molecule has 0 fully saturated rings. The fourth-order valence-corrected chi connectivity index (χ4v) is 1.97. The molecule has 2 rings (SSSR count). The summed E-state index contributed by atoms with van der Waals surface area (Å²) >= 11 is 0. The quantitative estimate of drug-likeness (QED) is 0.807. The highest BCUT2D eigenvalue weighted by atomic mass is 16.5. The van der Waals surface area contributed by atoms with Crippen molar-refractivity contribution in [3.8, 4) is 5.75 Å². The van der Waals surface area contributed by atoms with E-state index in [1.807, 2.05) is 24.4 Å². The second-order valence-electron chi connectivity index (χ2n) is 4.55. The molecule has 1 N–H and O–H groups in total. The molecule has 0 atom stereocenters. The van der Waals surface area contributed by atoms with E-state index in [2.05, 4.69) is 35.4 Å². The van der Waals surface area contributed by atoms with Crippen molar-refractivity contribution in [3.05, 3.63) is 59.4 Å². The van der Waals surface area contributed by atoms with E-state index in [1.54, 1.807) is 7.11 Å². The van der Waals surface area contributed by atoms with Crippen LogP contribution >= 0.6 is 0 Å². The molecular formula is C16H20N2O. The monoisotopic (exact) mass is 256 g/mol. The van der Waals surface area contributed by atoms with Crippen LogP contribution in [-0.2, 0) is 13.0 Å². The highest BCUT2D eigenvalue weighted by Gasteiger charge is 1.99. The maximum absolute atomic E-state index is 5.22. The third-order valence-electron chi connectivity index (χ3n) is 3.13. The standard InChI is InChI=1S/C16H20N2O/c1-13-5-4-9-18-16(13)12-17-10-8-14-6-3-7-15(11-14)19-2/h3-7,9,11,17H,8,10,12H2,1-2H3. The molecule has 1 heterocycles. The summed E-state index contributed by atoms with van der Waals surface area (Å²) in [6, 6.07) is 12.2. The lowest BCUT2D eigenvalue weighted by atomic mass is 10.1. The molecule has 0 bridgehead atoms. The number of aromatic nitrogens is 1. The lowest BCUT2D eigenvalue weighted by Crippen LogP contribution is -2.18. The van der Waals surface area contributed by atoms with Gasteiger partial charge in [0, 0.05) is 12.7 Å². The van der Waals surface area contributed by atoms with E-state index in [0.29, 0.717) is 0 Å². The molecule has 1 aromatic heterocycles. The molecule has 3 nitrogen and oxygen atoms in total. The predicted octanol–water partition coefficient (Wildman–Crippen LogP) is 2.73. The number of aryl methyl sites for hydroxylation is 1. The van der Waals surface area contributed by atoms with Gasteiger partial charge in [0.2, 0.25) is 0 Å². The minimum atomic E-state index is 0.816. The SMILES string of the molecule is COc1cccc(CCNCc2ncccc2C)c1. The van der Waals surface area contributed by atoms with E-state index in [4.69, 9.17) is 4.74 Å². The number of rotatable bonds is 6. The first kappa shape index (κ1) is 13.6. The second-order valence-corrected chi connectivity index (χ2v) is 4.55. The summed E-state index contributed by atoms with van der Waals surface area (Å²) in [5.74, 6) is 0.915. The summed E-state index contributed by atoms with van der Waals surface area (Å²) in [6.07, 6.45) is 2.83. The Hall–Kier alpha value is -1.87. The number of nitrogens with zero attached hydrogens (tertiary/aromatic N) is 1. The van der Waals surface area contributed by atoms with Crippen LogP contribution in [0.15, 0.2) is 42.6 Å². The van der Waals surface area contributed by atoms with Crippen LogP contribution in [0.25, 0.3) is 0 Å². The molecule has 0 aliphatic rings. The van der Waals surface area contributed by atoms with E-state index in [1.165, 1.54) is 11.1 Å². The zero-order valence-corrected chi connectivity index (χ0v) is 11.5. The van der Waals surface area contributed by atoms with E-state index in [9.17, 15) is 0 Å². The van der Waals surface area contributed by atoms with E-state index >= 15 is 0 Å². The van der Waals surface area contributed by atoms with Gasteiger partial charge in [-0.05, 0) is 49.2 Å². The van der Waals surface area contributed by atoms with Crippen molar-refractivity contribution < 1.29 is 4.74 Å². The Morgan fingerprint density at radius 1 is 1.21 bits per heavy atom. The largest absolute Gasteiger partial charge is 0.497 e. The van der Waals surface area contributed by atoms with Crippen LogP contribution in [0.4, 0.5) is 0 Å². The molecule has 1 aromatic carbocycles. The Kier molecular flexibility index (Phi) is 4.93. The summed E-state index contributed by atoms with van der Waals surface area (Å²) in [6.45, 7) is 3.84. The molecule has 3 heteroatoms. The number of hydrogen-bond donors (Lipinski definition) is 1. The normalized spacial score (nSPS) is 10.4. The molecule has 0 aliphatic carbocycles. The van der Waals surface area contributed by atoms with Crippen molar-refractivity contribution >= 4 is 0 Å². The van der Waals surface area contributed by atoms with E-state index in [-0.39, 0.29) is 0 Å². The van der Waals surface area contributed by atoms with Crippen LogP contribution in [0.3, 0.4) is 0 Å². The first-order valence-electron chi connectivity index (χ1n) is 6.54. The Balaban J connectivity index is 1.79. The van der Waals surface area contributed by atoms with Gasteiger partial charge < -0.3 is 10.1 Å². The van der Waals surface area contributed by atoms with Crippen LogP contribution in [0.1, 0.15) is 16.8 Å². The number of ether oxygens (including phenoxy) is 1. The Morgan fingerprint density at radius 3 is 2.89 bits per heavy atom. The van der Waals surface area contributed by atoms with Gasteiger partial charge in [0.05, 0.1) is 12.8 Å². The summed E-state index contributed by atoms with van der Waals surface area (Å²) in [4.78, 5) is 4.37. The van der Waals surface area contributed by atoms with Crippen LogP contribution in [0.2, 0.25) is 0 Å². The number of pyridine rings is 1. The molecule has 100 valence electrons. The van der Waals surface area contributed by atoms with Gasteiger partial charge in [-0.1, -0.05) is 18.2 Å². The van der Waals surface area contributed by atoms with Gasteiger partial charge in [0.25, 0.3) is 0 Å². The number of nitrogens with one attached hydrogen (secondary N) is 1. The van der Waals surface area contributed by atoms with Crippen molar-refractivity contribution in [1.82, 2.24) is 10.3 Å². The third kappa shape index (κ3) is 4.07. The van der Waals surface area contributed by atoms with Crippen LogP contribution in [0, 0.1) is 6.92 Å². The fraction of sp³-hybridized carbons (Fsp3) is 0.312. The van der Waals surface area contributed by atoms with Gasteiger partial charge in [0.1, 0.15) is 5.75 Å². The summed E-state index contributed by atoms with van der Waals surface area (Å²) in [5, 5.41) is 3.43. The van der Waals surface area contributed by atoms with Gasteiger partial charge in [-0.2, -0.15) is 0 Å². The van der Waals surface area contributed by atoms with Crippen LogP contribution in [0.5, 0.6) is 5.75 Å². The first-order chi connectivity index (χ1) is 9.29. The van der Waals surface area contributed by atoms with E-state index in [0.717, 1.165) is 31.0 Å². The minimum absolute atomic E-state index is 0.816. The number of methoxy groups -OCH3 is 1. The van der Waals surface area contributed by atoms with Crippen molar-refractivity contribution in [2.45, 2.75) is 19.9 Å². The highest BCUT2D eigenvalue weighted by Crippen LogP contribution is 2.12. The van der Waals surface area contributed by atoms with Gasteiger partial charge in [0.15, 0.2) is 0 Å². The third-order valence-corrected chi connectivity index (χ3v) is 3.13. The zero-order chi connectivity index (χ0) is 13.5. The topological polar surface area (TPSA) is 34.1 Å². The Labute approximate surface area is 114 Å². The zero-order valence-electron chi connectivity index (χ0n) is 11.5. The van der Waals surface area contributed by atoms with Crippen molar-refractivity contribution in [3.63, 3.8) is 0 Å². The average Bonchev–Trinajstić information content (AvgIpc) is 2.45. The summed E-state index contributed by atoms with van der Waals surface area (Å²) in [5.41, 5.74) is 3.63.